The number of ether oxygens (including phenoxy) is 1. The minimum Gasteiger partial charge on any atom is -0.454 e. The smallest absolute Gasteiger partial charge is 0.340 e. The third-order valence-electron chi connectivity index (χ3n) is 5.29. The molecule has 1 heterocycles. The van der Waals surface area contributed by atoms with Crippen molar-refractivity contribution in [2.24, 2.45) is 0 Å². The van der Waals surface area contributed by atoms with E-state index in [4.69, 9.17) is 4.74 Å². The standard InChI is InChI=1S/C26H22N2O5/c29-23(19-10-12-21-18(15-19)11-13-24(30)27-21)16-33-26(32)20-8-4-5-9-22(20)28-25(31)14-17-6-2-1-3-7-17/h1-10,12,15H,11,13-14,16H2,(H,27,30)(H,28,31). The molecule has 0 unspecified atom stereocenters. The van der Waals surface area contributed by atoms with Crippen molar-refractivity contribution in [2.75, 3.05) is 17.2 Å². The van der Waals surface area contributed by atoms with Crippen LogP contribution in [0.1, 0.15) is 38.3 Å². The van der Waals surface area contributed by atoms with E-state index in [1.54, 1.807) is 36.4 Å². The number of ketones is 1. The highest BCUT2D eigenvalue weighted by molar-refractivity contribution is 6.04. The molecule has 0 bridgehead atoms. The van der Waals surface area contributed by atoms with E-state index in [0.717, 1.165) is 11.1 Å². The Balaban J connectivity index is 1.38. The molecule has 0 saturated carbocycles. The molecule has 0 saturated heterocycles. The number of carbonyl (C=O) groups is 4. The molecule has 0 fully saturated rings. The van der Waals surface area contributed by atoms with Gasteiger partial charge in [-0.3, -0.25) is 14.4 Å². The summed E-state index contributed by atoms with van der Waals surface area (Å²) in [6.07, 6.45) is 1.09. The lowest BCUT2D eigenvalue weighted by molar-refractivity contribution is -0.116. The fourth-order valence-corrected chi connectivity index (χ4v) is 3.59. The number of hydrogen-bond acceptors (Lipinski definition) is 5. The number of nitrogens with one attached hydrogen (secondary N) is 2. The Morgan fingerprint density at radius 2 is 1.67 bits per heavy atom. The zero-order chi connectivity index (χ0) is 23.2. The van der Waals surface area contributed by atoms with Crippen LogP contribution in [0.15, 0.2) is 72.8 Å². The summed E-state index contributed by atoms with van der Waals surface area (Å²) in [5.74, 6) is -1.37. The average molecular weight is 442 g/mol. The maximum absolute atomic E-state index is 12.6. The van der Waals surface area contributed by atoms with Crippen LogP contribution in [0.25, 0.3) is 0 Å². The van der Waals surface area contributed by atoms with Gasteiger partial charge in [0.2, 0.25) is 11.8 Å². The highest BCUT2D eigenvalue weighted by Crippen LogP contribution is 2.24. The van der Waals surface area contributed by atoms with Crippen molar-refractivity contribution >= 4 is 34.9 Å². The van der Waals surface area contributed by atoms with E-state index in [2.05, 4.69) is 10.6 Å². The number of para-hydroxylation sites is 1. The third-order valence-corrected chi connectivity index (χ3v) is 5.29. The molecule has 3 aromatic carbocycles. The molecule has 0 aliphatic carbocycles. The van der Waals surface area contributed by atoms with E-state index < -0.39 is 12.6 Å². The number of aryl methyl sites for hydroxylation is 1. The Kier molecular flexibility index (Phi) is 6.59. The maximum Gasteiger partial charge on any atom is 0.340 e. The molecular formula is C26H22N2O5. The van der Waals surface area contributed by atoms with Gasteiger partial charge in [-0.25, -0.2) is 4.79 Å². The monoisotopic (exact) mass is 442 g/mol. The Hall–Kier alpha value is -4.26. The zero-order valence-electron chi connectivity index (χ0n) is 17.8. The summed E-state index contributed by atoms with van der Waals surface area (Å²) >= 11 is 0. The second-order valence-electron chi connectivity index (χ2n) is 7.68. The zero-order valence-corrected chi connectivity index (χ0v) is 17.8. The summed E-state index contributed by atoms with van der Waals surface area (Å²) in [7, 11) is 0. The largest absolute Gasteiger partial charge is 0.454 e. The molecule has 7 heteroatoms. The number of hydrogen-bond donors (Lipinski definition) is 2. The van der Waals surface area contributed by atoms with Crippen LogP contribution in [-0.2, 0) is 27.2 Å². The van der Waals surface area contributed by atoms with Gasteiger partial charge in [-0.1, -0.05) is 42.5 Å². The molecule has 0 spiro atoms. The van der Waals surface area contributed by atoms with Crippen molar-refractivity contribution in [1.29, 1.82) is 0 Å². The van der Waals surface area contributed by atoms with E-state index in [1.165, 1.54) is 6.07 Å². The number of anilines is 2. The molecular weight excluding hydrogens is 420 g/mol. The number of amides is 2. The van der Waals surface area contributed by atoms with Crippen molar-refractivity contribution in [3.05, 3.63) is 95.1 Å². The predicted octanol–water partition coefficient (Wildman–Crippen LogP) is 3.79. The second kappa shape index (κ2) is 9.91. The fourth-order valence-electron chi connectivity index (χ4n) is 3.59. The van der Waals surface area contributed by atoms with Crippen LogP contribution >= 0.6 is 0 Å². The first-order valence-electron chi connectivity index (χ1n) is 10.6. The number of benzene rings is 3. The maximum atomic E-state index is 12.6. The van der Waals surface area contributed by atoms with Crippen LogP contribution in [0.2, 0.25) is 0 Å². The molecule has 2 N–H and O–H groups in total. The van der Waals surface area contributed by atoms with Crippen LogP contribution in [0.4, 0.5) is 11.4 Å². The van der Waals surface area contributed by atoms with E-state index in [1.807, 2.05) is 30.3 Å². The van der Waals surface area contributed by atoms with Crippen molar-refractivity contribution < 1.29 is 23.9 Å². The molecule has 0 radical (unpaired) electrons. The molecule has 0 aromatic heterocycles. The van der Waals surface area contributed by atoms with Gasteiger partial charge in [-0.05, 0) is 47.9 Å². The summed E-state index contributed by atoms with van der Waals surface area (Å²) in [5, 5.41) is 5.50. The summed E-state index contributed by atoms with van der Waals surface area (Å²) in [6, 6.07) is 20.8. The van der Waals surface area contributed by atoms with Crippen molar-refractivity contribution in [3.63, 3.8) is 0 Å². The van der Waals surface area contributed by atoms with E-state index in [-0.39, 0.29) is 29.6 Å². The normalized spacial score (nSPS) is 12.3. The summed E-state index contributed by atoms with van der Waals surface area (Å²) in [4.78, 5) is 49.1. The van der Waals surface area contributed by atoms with Crippen LogP contribution < -0.4 is 10.6 Å². The van der Waals surface area contributed by atoms with Gasteiger partial charge >= 0.3 is 5.97 Å². The van der Waals surface area contributed by atoms with E-state index in [0.29, 0.717) is 29.8 Å². The summed E-state index contributed by atoms with van der Waals surface area (Å²) in [5.41, 5.74) is 3.31. The van der Waals surface area contributed by atoms with Crippen molar-refractivity contribution in [2.45, 2.75) is 19.3 Å². The molecule has 2 amide bonds. The van der Waals surface area contributed by atoms with Gasteiger partial charge in [-0.15, -0.1) is 0 Å². The first kappa shape index (κ1) is 22.0. The van der Waals surface area contributed by atoms with Gasteiger partial charge in [0.25, 0.3) is 0 Å². The quantitative estimate of drug-likeness (QED) is 0.428. The Labute approximate surface area is 190 Å². The second-order valence-corrected chi connectivity index (χ2v) is 7.68. The summed E-state index contributed by atoms with van der Waals surface area (Å²) in [6.45, 7) is -0.434. The van der Waals surface area contributed by atoms with Gasteiger partial charge in [-0.2, -0.15) is 0 Å². The highest BCUT2D eigenvalue weighted by Gasteiger charge is 2.19. The first-order valence-corrected chi connectivity index (χ1v) is 10.6. The average Bonchev–Trinajstić information content (AvgIpc) is 2.83. The Morgan fingerprint density at radius 3 is 2.48 bits per heavy atom. The number of carbonyl (C=O) groups excluding carboxylic acids is 4. The lowest BCUT2D eigenvalue weighted by atomic mass is 9.99. The molecule has 0 atom stereocenters. The van der Waals surface area contributed by atoms with Crippen LogP contribution in [0, 0.1) is 0 Å². The minimum absolute atomic E-state index is 0.0509. The molecule has 1 aliphatic heterocycles. The van der Waals surface area contributed by atoms with Gasteiger partial charge in [0.15, 0.2) is 12.4 Å². The lowest BCUT2D eigenvalue weighted by Gasteiger charge is -2.17. The molecule has 7 nitrogen and oxygen atoms in total. The molecule has 166 valence electrons. The molecule has 3 aromatic rings. The van der Waals surface area contributed by atoms with E-state index in [9.17, 15) is 19.2 Å². The number of esters is 1. The van der Waals surface area contributed by atoms with Crippen LogP contribution in [0.5, 0.6) is 0 Å². The SMILES string of the molecule is O=C1CCc2cc(C(=O)COC(=O)c3ccccc3NC(=O)Cc3ccccc3)ccc2N1. The number of rotatable bonds is 7. The minimum atomic E-state index is -0.704. The Bertz CT molecular complexity index is 1220. The lowest BCUT2D eigenvalue weighted by Crippen LogP contribution is -2.20. The van der Waals surface area contributed by atoms with Crippen molar-refractivity contribution in [1.82, 2.24) is 0 Å². The van der Waals surface area contributed by atoms with Crippen molar-refractivity contribution in [3.8, 4) is 0 Å². The Morgan fingerprint density at radius 1 is 0.909 bits per heavy atom. The third kappa shape index (κ3) is 5.51. The van der Waals surface area contributed by atoms with Gasteiger partial charge in [0, 0.05) is 17.7 Å². The van der Waals surface area contributed by atoms with Gasteiger partial charge < -0.3 is 15.4 Å². The highest BCUT2D eigenvalue weighted by atomic mass is 16.5. The first-order chi connectivity index (χ1) is 16.0. The number of Topliss-reactive ketones (excluding diaryl/α,β-unsaturated/α-hetero) is 1. The topological polar surface area (TPSA) is 102 Å². The predicted molar refractivity (Wildman–Crippen MR) is 123 cm³/mol. The van der Waals surface area contributed by atoms with Gasteiger partial charge in [0.05, 0.1) is 17.7 Å². The van der Waals surface area contributed by atoms with Crippen LogP contribution in [0.3, 0.4) is 0 Å². The fraction of sp³-hybridized carbons (Fsp3) is 0.154. The molecule has 1 aliphatic rings. The van der Waals surface area contributed by atoms with Gasteiger partial charge in [0.1, 0.15) is 0 Å². The van der Waals surface area contributed by atoms with E-state index >= 15 is 0 Å². The van der Waals surface area contributed by atoms with Crippen LogP contribution in [-0.4, -0.2) is 30.2 Å². The molecule has 33 heavy (non-hydrogen) atoms. The molecule has 4 rings (SSSR count). The summed E-state index contributed by atoms with van der Waals surface area (Å²) < 4.78 is 5.24. The number of fused-ring (bicyclic) bond motifs is 1.